The normalized spacial score (nSPS) is 16.2. The molecule has 1 aromatic rings. The summed E-state index contributed by atoms with van der Waals surface area (Å²) in [4.78, 5) is 22.1. The monoisotopic (exact) mass is 309 g/mol. The molecule has 2 heterocycles. The maximum Gasteiger partial charge on any atom is 0.222 e. The Bertz CT molecular complexity index is 448. The summed E-state index contributed by atoms with van der Waals surface area (Å²) in [5.74, 6) is 1.01. The van der Waals surface area contributed by atoms with E-state index in [1.165, 1.54) is 17.7 Å². The number of carbonyl (C=O) groups is 1. The molecule has 5 heteroatoms. The molecule has 1 aromatic heterocycles. The fourth-order valence-electron chi connectivity index (χ4n) is 2.96. The average Bonchev–Trinajstić information content (AvgIpc) is 2.93. The van der Waals surface area contributed by atoms with E-state index in [4.69, 9.17) is 0 Å². The zero-order valence-corrected chi connectivity index (χ0v) is 14.3. The minimum Gasteiger partial charge on any atom is -0.348 e. The van der Waals surface area contributed by atoms with E-state index in [0.717, 1.165) is 37.7 Å². The van der Waals surface area contributed by atoms with Gasteiger partial charge in [0, 0.05) is 43.7 Å². The molecule has 2 rings (SSSR count). The van der Waals surface area contributed by atoms with Gasteiger partial charge in [-0.25, -0.2) is 4.98 Å². The second kappa shape index (κ2) is 7.78. The molecule has 0 aromatic carbocycles. The number of aromatic nitrogens is 1. The number of rotatable bonds is 6. The van der Waals surface area contributed by atoms with Gasteiger partial charge in [-0.05, 0) is 46.0 Å². The second-order valence-electron chi connectivity index (χ2n) is 5.79. The molecule has 0 atom stereocenters. The molecule has 0 spiro atoms. The Morgan fingerprint density at radius 1 is 1.38 bits per heavy atom. The van der Waals surface area contributed by atoms with Gasteiger partial charge in [0.05, 0.1) is 0 Å². The van der Waals surface area contributed by atoms with Gasteiger partial charge < -0.3 is 9.80 Å². The lowest BCUT2D eigenvalue weighted by atomic mass is 9.92. The molecular formula is C16H27N3OS. The van der Waals surface area contributed by atoms with E-state index in [1.54, 1.807) is 11.3 Å². The molecule has 0 N–H and O–H groups in total. The largest absolute Gasteiger partial charge is 0.348 e. The van der Waals surface area contributed by atoms with Crippen LogP contribution < -0.4 is 4.90 Å². The van der Waals surface area contributed by atoms with Gasteiger partial charge in [0.1, 0.15) is 0 Å². The van der Waals surface area contributed by atoms with Crippen LogP contribution in [-0.4, -0.2) is 42.0 Å². The van der Waals surface area contributed by atoms with Gasteiger partial charge in [0.25, 0.3) is 0 Å². The van der Waals surface area contributed by atoms with Crippen molar-refractivity contribution in [2.24, 2.45) is 5.92 Å². The third kappa shape index (κ3) is 4.43. The van der Waals surface area contributed by atoms with Crippen molar-refractivity contribution in [3.63, 3.8) is 0 Å². The Morgan fingerprint density at radius 3 is 2.57 bits per heavy atom. The molecule has 0 aliphatic carbocycles. The molecular weight excluding hydrogens is 282 g/mol. The highest BCUT2D eigenvalue weighted by Gasteiger charge is 2.22. The Labute approximate surface area is 132 Å². The van der Waals surface area contributed by atoms with Crippen LogP contribution in [-0.2, 0) is 4.79 Å². The predicted octanol–water partition coefficient (Wildman–Crippen LogP) is 3.32. The standard InChI is InChI=1S/C16H27N3OS/c1-4-18(5-2)15(20)7-6-14-8-10-19(11-9-14)16-17-12-13(3)21-16/h12,14H,4-11H2,1-3H3. The maximum atomic E-state index is 12.0. The van der Waals surface area contributed by atoms with Crippen LogP contribution in [0, 0.1) is 12.8 Å². The lowest BCUT2D eigenvalue weighted by Gasteiger charge is -2.32. The van der Waals surface area contributed by atoms with E-state index in [-0.39, 0.29) is 0 Å². The second-order valence-corrected chi connectivity index (χ2v) is 7.00. The average molecular weight is 309 g/mol. The lowest BCUT2D eigenvalue weighted by molar-refractivity contribution is -0.131. The van der Waals surface area contributed by atoms with Gasteiger partial charge in [-0.2, -0.15) is 0 Å². The molecule has 0 saturated carbocycles. The van der Waals surface area contributed by atoms with Crippen molar-refractivity contribution in [3.8, 4) is 0 Å². The lowest BCUT2D eigenvalue weighted by Crippen LogP contribution is -2.35. The number of hydrogen-bond acceptors (Lipinski definition) is 4. The van der Waals surface area contributed by atoms with Crippen molar-refractivity contribution < 1.29 is 4.79 Å². The van der Waals surface area contributed by atoms with Gasteiger partial charge >= 0.3 is 0 Å². The number of piperidine rings is 1. The molecule has 21 heavy (non-hydrogen) atoms. The Balaban J connectivity index is 1.73. The quantitative estimate of drug-likeness (QED) is 0.809. The zero-order valence-electron chi connectivity index (χ0n) is 13.5. The molecule has 118 valence electrons. The van der Waals surface area contributed by atoms with Gasteiger partial charge in [0.2, 0.25) is 5.91 Å². The number of amides is 1. The molecule has 1 amide bonds. The number of nitrogens with zero attached hydrogens (tertiary/aromatic N) is 3. The van der Waals surface area contributed by atoms with E-state index in [9.17, 15) is 4.79 Å². The summed E-state index contributed by atoms with van der Waals surface area (Å²) in [5.41, 5.74) is 0. The predicted molar refractivity (Wildman–Crippen MR) is 89.0 cm³/mol. The fraction of sp³-hybridized carbons (Fsp3) is 0.750. The first-order chi connectivity index (χ1) is 10.1. The number of carbonyl (C=O) groups excluding carboxylic acids is 1. The first-order valence-electron chi connectivity index (χ1n) is 8.09. The third-order valence-electron chi connectivity index (χ3n) is 4.38. The Hall–Kier alpha value is -1.10. The fourth-order valence-corrected chi connectivity index (χ4v) is 3.77. The molecule has 0 unspecified atom stereocenters. The molecule has 1 aliphatic rings. The SMILES string of the molecule is CCN(CC)C(=O)CCC1CCN(c2ncc(C)s2)CC1. The molecule has 1 fully saturated rings. The van der Waals surface area contributed by atoms with Crippen molar-refractivity contribution >= 4 is 22.4 Å². The van der Waals surface area contributed by atoms with E-state index >= 15 is 0 Å². The molecule has 1 aliphatic heterocycles. The number of hydrogen-bond donors (Lipinski definition) is 0. The van der Waals surface area contributed by atoms with Gasteiger partial charge in [-0.3, -0.25) is 4.79 Å². The Morgan fingerprint density at radius 2 is 2.05 bits per heavy atom. The van der Waals surface area contributed by atoms with E-state index in [0.29, 0.717) is 18.2 Å². The summed E-state index contributed by atoms with van der Waals surface area (Å²) < 4.78 is 0. The summed E-state index contributed by atoms with van der Waals surface area (Å²) in [5, 5.41) is 1.16. The van der Waals surface area contributed by atoms with Crippen LogP contribution >= 0.6 is 11.3 Å². The van der Waals surface area contributed by atoms with Crippen LogP contribution in [0.15, 0.2) is 6.20 Å². The summed E-state index contributed by atoms with van der Waals surface area (Å²) >= 11 is 1.78. The number of aryl methyl sites for hydroxylation is 1. The van der Waals surface area contributed by atoms with Gasteiger partial charge in [-0.15, -0.1) is 11.3 Å². The minimum atomic E-state index is 0.318. The van der Waals surface area contributed by atoms with Crippen LogP contribution in [0.2, 0.25) is 0 Å². The summed E-state index contributed by atoms with van der Waals surface area (Å²) in [6.07, 6.45) is 6.08. The van der Waals surface area contributed by atoms with Crippen molar-refractivity contribution in [3.05, 3.63) is 11.1 Å². The minimum absolute atomic E-state index is 0.318. The van der Waals surface area contributed by atoms with Crippen LogP contribution in [0.1, 0.15) is 44.4 Å². The highest BCUT2D eigenvalue weighted by molar-refractivity contribution is 7.15. The number of thiazole rings is 1. The molecule has 0 radical (unpaired) electrons. The van der Waals surface area contributed by atoms with Crippen LogP contribution in [0.25, 0.3) is 0 Å². The topological polar surface area (TPSA) is 36.4 Å². The van der Waals surface area contributed by atoms with E-state index < -0.39 is 0 Å². The molecule has 1 saturated heterocycles. The first-order valence-corrected chi connectivity index (χ1v) is 8.90. The summed E-state index contributed by atoms with van der Waals surface area (Å²) in [6.45, 7) is 10.0. The van der Waals surface area contributed by atoms with E-state index in [1.807, 2.05) is 11.1 Å². The molecule has 0 bridgehead atoms. The highest BCUT2D eigenvalue weighted by Crippen LogP contribution is 2.28. The zero-order chi connectivity index (χ0) is 15.2. The highest BCUT2D eigenvalue weighted by atomic mass is 32.1. The first kappa shape index (κ1) is 16.3. The van der Waals surface area contributed by atoms with Crippen LogP contribution in [0.5, 0.6) is 0 Å². The van der Waals surface area contributed by atoms with Gasteiger partial charge in [0.15, 0.2) is 5.13 Å². The van der Waals surface area contributed by atoms with Crippen molar-refractivity contribution in [1.82, 2.24) is 9.88 Å². The maximum absolute atomic E-state index is 12.0. The van der Waals surface area contributed by atoms with E-state index in [2.05, 4.69) is 30.7 Å². The van der Waals surface area contributed by atoms with Crippen LogP contribution in [0.4, 0.5) is 5.13 Å². The van der Waals surface area contributed by atoms with Gasteiger partial charge in [-0.1, -0.05) is 0 Å². The van der Waals surface area contributed by atoms with Crippen molar-refractivity contribution in [2.45, 2.75) is 46.5 Å². The van der Waals surface area contributed by atoms with Crippen molar-refractivity contribution in [1.29, 1.82) is 0 Å². The number of anilines is 1. The Kier molecular flexibility index (Phi) is 6.03. The summed E-state index contributed by atoms with van der Waals surface area (Å²) in [6, 6.07) is 0. The molecule has 4 nitrogen and oxygen atoms in total. The van der Waals surface area contributed by atoms with Crippen LogP contribution in [0.3, 0.4) is 0 Å². The van der Waals surface area contributed by atoms with Crippen molar-refractivity contribution in [2.75, 3.05) is 31.1 Å². The third-order valence-corrected chi connectivity index (χ3v) is 5.35. The summed E-state index contributed by atoms with van der Waals surface area (Å²) in [7, 11) is 0. The smallest absolute Gasteiger partial charge is 0.222 e.